The Kier molecular flexibility index (Phi) is 3.78. The van der Waals surface area contributed by atoms with Gasteiger partial charge in [-0.2, -0.15) is 0 Å². The van der Waals surface area contributed by atoms with Crippen LogP contribution in [0, 0.1) is 0 Å². The molecule has 5 heteroatoms. The number of carbonyl (C=O) groups excluding carboxylic acids is 1. The van der Waals surface area contributed by atoms with E-state index in [0.29, 0.717) is 15.6 Å². The van der Waals surface area contributed by atoms with Crippen LogP contribution in [-0.4, -0.2) is 10.9 Å². The van der Waals surface area contributed by atoms with E-state index < -0.39 is 0 Å². The topological polar surface area (TPSA) is 42.0 Å². The Labute approximate surface area is 131 Å². The average Bonchev–Trinajstić information content (AvgIpc) is 2.46. The van der Waals surface area contributed by atoms with Crippen molar-refractivity contribution in [3.63, 3.8) is 0 Å². The van der Waals surface area contributed by atoms with Gasteiger partial charge < -0.3 is 5.32 Å². The van der Waals surface area contributed by atoms with Gasteiger partial charge in [0.25, 0.3) is 5.91 Å². The normalized spacial score (nSPS) is 10.6. The maximum atomic E-state index is 12.3. The molecule has 0 aliphatic rings. The summed E-state index contributed by atoms with van der Waals surface area (Å²) < 4.78 is 0. The quantitative estimate of drug-likeness (QED) is 0.738. The fourth-order valence-electron chi connectivity index (χ4n) is 2.11. The van der Waals surface area contributed by atoms with Gasteiger partial charge in [0.2, 0.25) is 0 Å². The van der Waals surface area contributed by atoms with Gasteiger partial charge in [-0.1, -0.05) is 35.3 Å². The van der Waals surface area contributed by atoms with Crippen molar-refractivity contribution in [2.24, 2.45) is 0 Å². The molecule has 1 heterocycles. The Morgan fingerprint density at radius 2 is 1.81 bits per heavy atom. The molecule has 3 nitrogen and oxygen atoms in total. The predicted molar refractivity (Wildman–Crippen MR) is 86.2 cm³/mol. The number of hydrogen-bond donors (Lipinski definition) is 1. The van der Waals surface area contributed by atoms with Crippen LogP contribution in [0.5, 0.6) is 0 Å². The summed E-state index contributed by atoms with van der Waals surface area (Å²) in [7, 11) is 0. The summed E-state index contributed by atoms with van der Waals surface area (Å²) in [6.07, 6.45) is 3.44. The number of hydrogen-bond acceptors (Lipinski definition) is 2. The smallest absolute Gasteiger partial charge is 0.255 e. The molecule has 1 aromatic heterocycles. The van der Waals surface area contributed by atoms with Crippen molar-refractivity contribution >= 4 is 45.6 Å². The van der Waals surface area contributed by atoms with E-state index in [1.54, 1.807) is 30.6 Å². The summed E-state index contributed by atoms with van der Waals surface area (Å²) in [6.45, 7) is 0. The lowest BCUT2D eigenvalue weighted by molar-refractivity contribution is 0.102. The molecule has 1 amide bonds. The number of pyridine rings is 1. The maximum absolute atomic E-state index is 12.3. The molecule has 0 aliphatic heterocycles. The standard InChI is InChI=1S/C16H10Cl2N2O/c17-12-6-11(7-13(18)8-12)16(21)20-15-3-1-2-10-9-19-5-4-14(10)15/h1-9H,(H,20,21). The second kappa shape index (κ2) is 5.72. The third kappa shape index (κ3) is 2.99. The largest absolute Gasteiger partial charge is 0.321 e. The molecule has 0 aliphatic carbocycles. The summed E-state index contributed by atoms with van der Waals surface area (Å²) in [5, 5.41) is 5.61. The Bertz CT molecular complexity index is 808. The van der Waals surface area contributed by atoms with Gasteiger partial charge in [0.1, 0.15) is 0 Å². The first-order valence-electron chi connectivity index (χ1n) is 6.24. The minimum Gasteiger partial charge on any atom is -0.321 e. The van der Waals surface area contributed by atoms with Crippen LogP contribution in [0.3, 0.4) is 0 Å². The van der Waals surface area contributed by atoms with Gasteiger partial charge in [-0.05, 0) is 30.3 Å². The van der Waals surface area contributed by atoms with Crippen molar-refractivity contribution in [3.05, 3.63) is 70.5 Å². The number of fused-ring (bicyclic) bond motifs is 1. The van der Waals surface area contributed by atoms with Crippen LogP contribution in [-0.2, 0) is 0 Å². The molecule has 2 aromatic carbocycles. The van der Waals surface area contributed by atoms with Gasteiger partial charge in [0, 0.05) is 44.5 Å². The number of halogens is 2. The number of nitrogens with zero attached hydrogens (tertiary/aromatic N) is 1. The number of benzene rings is 2. The molecule has 3 aromatic rings. The second-order valence-electron chi connectivity index (χ2n) is 4.51. The van der Waals surface area contributed by atoms with E-state index in [0.717, 1.165) is 16.5 Å². The molecule has 0 saturated carbocycles. The van der Waals surface area contributed by atoms with E-state index in [1.165, 1.54) is 0 Å². The lowest BCUT2D eigenvalue weighted by atomic mass is 10.1. The summed E-state index contributed by atoms with van der Waals surface area (Å²) >= 11 is 11.8. The van der Waals surface area contributed by atoms with Gasteiger partial charge in [-0.25, -0.2) is 0 Å². The van der Waals surface area contributed by atoms with Gasteiger partial charge >= 0.3 is 0 Å². The molecule has 1 N–H and O–H groups in total. The predicted octanol–water partition coefficient (Wildman–Crippen LogP) is 4.79. The average molecular weight is 317 g/mol. The Morgan fingerprint density at radius 3 is 2.57 bits per heavy atom. The lowest BCUT2D eigenvalue weighted by Gasteiger charge is -2.09. The molecule has 0 unspecified atom stereocenters. The molecular formula is C16H10Cl2N2O. The SMILES string of the molecule is O=C(Nc1cccc2cnccc12)c1cc(Cl)cc(Cl)c1. The zero-order valence-electron chi connectivity index (χ0n) is 10.8. The molecule has 0 saturated heterocycles. The van der Waals surface area contributed by atoms with Crippen LogP contribution < -0.4 is 5.32 Å². The van der Waals surface area contributed by atoms with Crippen LogP contribution in [0.2, 0.25) is 10.0 Å². The first-order valence-corrected chi connectivity index (χ1v) is 6.99. The minimum atomic E-state index is -0.260. The fraction of sp³-hybridized carbons (Fsp3) is 0. The lowest BCUT2D eigenvalue weighted by Crippen LogP contribution is -2.12. The summed E-state index contributed by atoms with van der Waals surface area (Å²) in [6, 6.07) is 12.2. The first-order chi connectivity index (χ1) is 10.1. The van der Waals surface area contributed by atoms with E-state index in [-0.39, 0.29) is 5.91 Å². The Morgan fingerprint density at radius 1 is 1.05 bits per heavy atom. The highest BCUT2D eigenvalue weighted by Gasteiger charge is 2.10. The third-order valence-corrected chi connectivity index (χ3v) is 3.49. The molecule has 0 atom stereocenters. The zero-order valence-corrected chi connectivity index (χ0v) is 12.3. The van der Waals surface area contributed by atoms with Crippen molar-refractivity contribution in [2.75, 3.05) is 5.32 Å². The first kappa shape index (κ1) is 13.9. The zero-order chi connectivity index (χ0) is 14.8. The highest BCUT2D eigenvalue weighted by Crippen LogP contribution is 2.24. The highest BCUT2D eigenvalue weighted by atomic mass is 35.5. The Balaban J connectivity index is 1.96. The number of carbonyl (C=O) groups is 1. The van der Waals surface area contributed by atoms with Crippen LogP contribution in [0.15, 0.2) is 54.9 Å². The summed E-state index contributed by atoms with van der Waals surface area (Å²) in [5.41, 5.74) is 1.13. The van der Waals surface area contributed by atoms with Crippen molar-refractivity contribution in [3.8, 4) is 0 Å². The minimum absolute atomic E-state index is 0.260. The van der Waals surface area contributed by atoms with Gasteiger partial charge in [-0.3, -0.25) is 9.78 Å². The van der Waals surface area contributed by atoms with E-state index in [2.05, 4.69) is 10.3 Å². The van der Waals surface area contributed by atoms with Crippen molar-refractivity contribution in [1.29, 1.82) is 0 Å². The molecular weight excluding hydrogens is 307 g/mol. The van der Waals surface area contributed by atoms with Crippen LogP contribution >= 0.6 is 23.2 Å². The third-order valence-electron chi connectivity index (χ3n) is 3.05. The van der Waals surface area contributed by atoms with Gasteiger partial charge in [0.15, 0.2) is 0 Å². The van der Waals surface area contributed by atoms with Crippen molar-refractivity contribution in [1.82, 2.24) is 4.98 Å². The second-order valence-corrected chi connectivity index (χ2v) is 5.39. The van der Waals surface area contributed by atoms with Crippen molar-refractivity contribution < 1.29 is 4.79 Å². The molecule has 3 rings (SSSR count). The number of rotatable bonds is 2. The van der Waals surface area contributed by atoms with Crippen LogP contribution in [0.1, 0.15) is 10.4 Å². The van der Waals surface area contributed by atoms with Gasteiger partial charge in [-0.15, -0.1) is 0 Å². The highest BCUT2D eigenvalue weighted by molar-refractivity contribution is 6.35. The fourth-order valence-corrected chi connectivity index (χ4v) is 2.64. The summed E-state index contributed by atoms with van der Waals surface area (Å²) in [5.74, 6) is -0.260. The van der Waals surface area contributed by atoms with Gasteiger partial charge in [0.05, 0.1) is 0 Å². The van der Waals surface area contributed by atoms with E-state index >= 15 is 0 Å². The monoisotopic (exact) mass is 316 g/mol. The molecule has 0 bridgehead atoms. The number of anilines is 1. The summed E-state index contributed by atoms with van der Waals surface area (Å²) in [4.78, 5) is 16.4. The molecule has 0 spiro atoms. The van der Waals surface area contributed by atoms with Crippen LogP contribution in [0.4, 0.5) is 5.69 Å². The molecule has 0 fully saturated rings. The maximum Gasteiger partial charge on any atom is 0.255 e. The number of aromatic nitrogens is 1. The molecule has 21 heavy (non-hydrogen) atoms. The Hall–Kier alpha value is -2.10. The van der Waals surface area contributed by atoms with Crippen LogP contribution in [0.25, 0.3) is 10.8 Å². The number of nitrogens with one attached hydrogen (secondary N) is 1. The van der Waals surface area contributed by atoms with Crippen molar-refractivity contribution in [2.45, 2.75) is 0 Å². The van der Waals surface area contributed by atoms with E-state index in [4.69, 9.17) is 23.2 Å². The van der Waals surface area contributed by atoms with E-state index in [1.807, 2.05) is 24.3 Å². The molecule has 104 valence electrons. The number of amides is 1. The van der Waals surface area contributed by atoms with E-state index in [9.17, 15) is 4.79 Å². The molecule has 0 radical (unpaired) electrons.